The monoisotopic (exact) mass is 345 g/mol. The number of carbonyl (C=O) groups excluding carboxylic acids is 1. The van der Waals surface area contributed by atoms with Crippen molar-refractivity contribution >= 4 is 5.91 Å². The molecule has 1 N–H and O–H groups in total. The molecule has 0 radical (unpaired) electrons. The highest BCUT2D eigenvalue weighted by molar-refractivity contribution is 6.00. The summed E-state index contributed by atoms with van der Waals surface area (Å²) in [5.74, 6) is 0.346. The van der Waals surface area contributed by atoms with Gasteiger partial charge in [-0.25, -0.2) is 0 Å². The first-order chi connectivity index (χ1) is 12.8. The Labute approximate surface area is 152 Å². The number of methoxy groups -OCH3 is 1. The minimum Gasteiger partial charge on any atom is -0.480 e. The van der Waals surface area contributed by atoms with E-state index in [1.807, 2.05) is 42.5 Å². The Balaban J connectivity index is 1.61. The molecule has 2 aromatic carbocycles. The molecular formula is C21H19N3O2. The van der Waals surface area contributed by atoms with E-state index in [1.165, 1.54) is 11.1 Å². The summed E-state index contributed by atoms with van der Waals surface area (Å²) in [4.78, 5) is 12.9. The van der Waals surface area contributed by atoms with Gasteiger partial charge in [0, 0.05) is 17.2 Å². The van der Waals surface area contributed by atoms with Crippen LogP contribution in [0.15, 0.2) is 60.7 Å². The molecule has 1 aliphatic rings. The molecule has 1 unspecified atom stereocenters. The van der Waals surface area contributed by atoms with E-state index in [9.17, 15) is 4.79 Å². The van der Waals surface area contributed by atoms with E-state index in [1.54, 1.807) is 13.2 Å². The molecule has 3 aromatic rings. The molecule has 1 amide bonds. The molecule has 26 heavy (non-hydrogen) atoms. The van der Waals surface area contributed by atoms with Crippen LogP contribution in [-0.4, -0.2) is 23.2 Å². The fourth-order valence-electron chi connectivity index (χ4n) is 3.42. The Morgan fingerprint density at radius 2 is 1.85 bits per heavy atom. The quantitative estimate of drug-likeness (QED) is 0.785. The van der Waals surface area contributed by atoms with Crippen molar-refractivity contribution in [2.45, 2.75) is 18.9 Å². The summed E-state index contributed by atoms with van der Waals surface area (Å²) in [7, 11) is 1.55. The predicted octanol–water partition coefficient (Wildman–Crippen LogP) is 3.57. The van der Waals surface area contributed by atoms with Crippen LogP contribution in [0.25, 0.3) is 11.3 Å². The number of nitrogens with one attached hydrogen (secondary N) is 1. The lowest BCUT2D eigenvalue weighted by molar-refractivity contribution is 0.0937. The highest BCUT2D eigenvalue weighted by Gasteiger charge is 2.24. The fraction of sp³-hybridized carbons (Fsp3) is 0.190. The maximum atomic E-state index is 12.9. The van der Waals surface area contributed by atoms with Gasteiger partial charge in [-0.3, -0.25) is 4.79 Å². The molecule has 0 aliphatic heterocycles. The van der Waals surface area contributed by atoms with Crippen molar-refractivity contribution in [2.24, 2.45) is 0 Å². The summed E-state index contributed by atoms with van der Waals surface area (Å²) in [6.45, 7) is 0. The molecule has 0 saturated heterocycles. The van der Waals surface area contributed by atoms with Gasteiger partial charge in [-0.05, 0) is 36.1 Å². The molecular weight excluding hydrogens is 326 g/mol. The zero-order valence-electron chi connectivity index (χ0n) is 14.5. The maximum absolute atomic E-state index is 12.9. The summed E-state index contributed by atoms with van der Waals surface area (Å²) < 4.78 is 5.05. The largest absolute Gasteiger partial charge is 0.480 e. The first-order valence-electron chi connectivity index (χ1n) is 8.62. The van der Waals surface area contributed by atoms with E-state index in [0.29, 0.717) is 17.1 Å². The number of nitrogens with zero attached hydrogens (tertiary/aromatic N) is 2. The van der Waals surface area contributed by atoms with Crippen molar-refractivity contribution in [2.75, 3.05) is 7.11 Å². The van der Waals surface area contributed by atoms with E-state index >= 15 is 0 Å². The van der Waals surface area contributed by atoms with Gasteiger partial charge < -0.3 is 10.1 Å². The van der Waals surface area contributed by atoms with Gasteiger partial charge in [0.2, 0.25) is 5.88 Å². The number of aromatic nitrogens is 2. The van der Waals surface area contributed by atoms with Crippen LogP contribution in [0.2, 0.25) is 0 Å². The molecule has 0 fully saturated rings. The zero-order valence-corrected chi connectivity index (χ0v) is 14.5. The summed E-state index contributed by atoms with van der Waals surface area (Å²) in [6.07, 6.45) is 1.92. The highest BCUT2D eigenvalue weighted by Crippen LogP contribution is 2.31. The van der Waals surface area contributed by atoms with E-state index in [2.05, 4.69) is 27.6 Å². The van der Waals surface area contributed by atoms with Gasteiger partial charge in [0.1, 0.15) is 0 Å². The van der Waals surface area contributed by atoms with E-state index < -0.39 is 0 Å². The number of carbonyl (C=O) groups is 1. The number of hydrogen-bond acceptors (Lipinski definition) is 4. The standard InChI is InChI=1S/C21H19N3O2/c1-26-20-13-12-19(23-24-20)16-8-4-5-9-17(16)21(25)22-18-11-10-14-6-2-3-7-15(14)18/h2-9,12-13,18H,10-11H2,1H3,(H,22,25). The van der Waals surface area contributed by atoms with Crippen LogP contribution >= 0.6 is 0 Å². The average Bonchev–Trinajstić information content (AvgIpc) is 3.11. The van der Waals surface area contributed by atoms with E-state index in [4.69, 9.17) is 4.74 Å². The third kappa shape index (κ3) is 3.04. The van der Waals surface area contributed by atoms with Crippen LogP contribution in [0, 0.1) is 0 Å². The highest BCUT2D eigenvalue weighted by atomic mass is 16.5. The van der Waals surface area contributed by atoms with Crippen LogP contribution in [0.3, 0.4) is 0 Å². The van der Waals surface area contributed by atoms with Crippen molar-refractivity contribution in [1.82, 2.24) is 15.5 Å². The summed E-state index contributed by atoms with van der Waals surface area (Å²) in [6, 6.07) is 19.3. The molecule has 4 rings (SSSR count). The molecule has 1 atom stereocenters. The SMILES string of the molecule is COc1ccc(-c2ccccc2C(=O)NC2CCc3ccccc32)nn1. The van der Waals surface area contributed by atoms with Crippen LogP contribution in [-0.2, 0) is 6.42 Å². The lowest BCUT2D eigenvalue weighted by atomic mass is 10.0. The topological polar surface area (TPSA) is 64.1 Å². The lowest BCUT2D eigenvalue weighted by Crippen LogP contribution is -2.27. The smallest absolute Gasteiger partial charge is 0.252 e. The minimum atomic E-state index is -0.0973. The Hall–Kier alpha value is -3.21. The van der Waals surface area contributed by atoms with E-state index in [0.717, 1.165) is 18.4 Å². The van der Waals surface area contributed by atoms with Crippen molar-refractivity contribution in [1.29, 1.82) is 0 Å². The number of hydrogen-bond donors (Lipinski definition) is 1. The van der Waals surface area contributed by atoms with Crippen molar-refractivity contribution in [3.8, 4) is 17.1 Å². The molecule has 1 aromatic heterocycles. The van der Waals surface area contributed by atoms with Crippen LogP contribution in [0.1, 0.15) is 33.9 Å². The number of ether oxygens (including phenoxy) is 1. The number of benzene rings is 2. The number of aryl methyl sites for hydroxylation is 1. The molecule has 0 saturated carbocycles. The second-order valence-electron chi connectivity index (χ2n) is 6.27. The Bertz CT molecular complexity index is 938. The summed E-state index contributed by atoms with van der Waals surface area (Å²) in [5, 5.41) is 11.4. The number of fused-ring (bicyclic) bond motifs is 1. The van der Waals surface area contributed by atoms with Crippen molar-refractivity contribution < 1.29 is 9.53 Å². The van der Waals surface area contributed by atoms with Gasteiger partial charge in [0.15, 0.2) is 0 Å². The van der Waals surface area contributed by atoms with Gasteiger partial charge in [-0.15, -0.1) is 10.2 Å². The third-order valence-electron chi connectivity index (χ3n) is 4.74. The van der Waals surface area contributed by atoms with Gasteiger partial charge >= 0.3 is 0 Å². The zero-order chi connectivity index (χ0) is 17.9. The molecule has 1 heterocycles. The number of amides is 1. The fourth-order valence-corrected chi connectivity index (χ4v) is 3.42. The molecule has 5 heteroatoms. The summed E-state index contributed by atoms with van der Waals surface area (Å²) in [5.41, 5.74) is 4.51. The second-order valence-corrected chi connectivity index (χ2v) is 6.27. The first kappa shape index (κ1) is 16.3. The lowest BCUT2D eigenvalue weighted by Gasteiger charge is -2.16. The van der Waals surface area contributed by atoms with Crippen molar-refractivity contribution in [3.05, 3.63) is 77.4 Å². The Morgan fingerprint density at radius 3 is 2.65 bits per heavy atom. The summed E-state index contributed by atoms with van der Waals surface area (Å²) >= 11 is 0. The second kappa shape index (κ2) is 6.96. The minimum absolute atomic E-state index is 0.0497. The molecule has 0 spiro atoms. The Kier molecular flexibility index (Phi) is 4.35. The maximum Gasteiger partial charge on any atom is 0.252 e. The first-order valence-corrected chi connectivity index (χ1v) is 8.62. The van der Waals surface area contributed by atoms with Crippen LogP contribution in [0.4, 0.5) is 0 Å². The van der Waals surface area contributed by atoms with Gasteiger partial charge in [-0.2, -0.15) is 0 Å². The average molecular weight is 345 g/mol. The van der Waals surface area contributed by atoms with Gasteiger partial charge in [-0.1, -0.05) is 42.5 Å². The normalized spacial score (nSPS) is 15.3. The van der Waals surface area contributed by atoms with Gasteiger partial charge in [0.25, 0.3) is 5.91 Å². The van der Waals surface area contributed by atoms with Crippen molar-refractivity contribution in [3.63, 3.8) is 0 Å². The third-order valence-corrected chi connectivity index (χ3v) is 4.74. The molecule has 0 bridgehead atoms. The molecule has 1 aliphatic carbocycles. The number of rotatable bonds is 4. The van der Waals surface area contributed by atoms with Gasteiger partial charge in [0.05, 0.1) is 18.8 Å². The van der Waals surface area contributed by atoms with Crippen LogP contribution < -0.4 is 10.1 Å². The van der Waals surface area contributed by atoms with Crippen LogP contribution in [0.5, 0.6) is 5.88 Å². The molecule has 5 nitrogen and oxygen atoms in total. The molecule has 130 valence electrons. The Morgan fingerprint density at radius 1 is 1.04 bits per heavy atom. The predicted molar refractivity (Wildman–Crippen MR) is 99.0 cm³/mol. The van der Waals surface area contributed by atoms with E-state index in [-0.39, 0.29) is 11.9 Å².